The number of halogens is 1. The van der Waals surface area contributed by atoms with Crippen LogP contribution >= 0.6 is 12.4 Å². The van der Waals surface area contributed by atoms with E-state index in [1.54, 1.807) is 0 Å². The number of carbonyl (C=O) groups excluding carboxylic acids is 1. The lowest BCUT2D eigenvalue weighted by Crippen LogP contribution is -2.25. The lowest BCUT2D eigenvalue weighted by atomic mass is 10.0. The molecule has 0 aromatic heterocycles. The second-order valence-electron chi connectivity index (χ2n) is 4.85. The van der Waals surface area contributed by atoms with Gasteiger partial charge in [-0.1, -0.05) is 25.7 Å². The first-order valence-electron chi connectivity index (χ1n) is 6.74. The Bertz CT molecular complexity index is 194. The Balaban J connectivity index is 0.00000256. The van der Waals surface area contributed by atoms with Crippen LogP contribution < -0.4 is 10.6 Å². The Hall–Kier alpha value is -0.280. The van der Waals surface area contributed by atoms with E-state index in [1.807, 2.05) is 7.05 Å². The maximum absolute atomic E-state index is 11.4. The van der Waals surface area contributed by atoms with Crippen molar-refractivity contribution in [2.45, 2.75) is 51.4 Å². The third-order valence-electron chi connectivity index (χ3n) is 3.42. The van der Waals surface area contributed by atoms with Crippen LogP contribution in [0.5, 0.6) is 0 Å². The van der Waals surface area contributed by atoms with Crippen molar-refractivity contribution in [1.29, 1.82) is 0 Å². The van der Waals surface area contributed by atoms with Crippen molar-refractivity contribution in [3.8, 4) is 0 Å². The van der Waals surface area contributed by atoms with Gasteiger partial charge in [0.1, 0.15) is 0 Å². The van der Waals surface area contributed by atoms with Crippen molar-refractivity contribution >= 4 is 18.3 Å². The van der Waals surface area contributed by atoms with Gasteiger partial charge < -0.3 is 10.6 Å². The molecule has 0 unspecified atom stereocenters. The SMILES string of the molecule is CNCCCC(=O)NCCCC1CCCC1.Cl. The van der Waals surface area contributed by atoms with E-state index in [-0.39, 0.29) is 18.3 Å². The highest BCUT2D eigenvalue weighted by molar-refractivity contribution is 5.85. The average molecular weight is 263 g/mol. The minimum atomic E-state index is 0. The summed E-state index contributed by atoms with van der Waals surface area (Å²) in [4.78, 5) is 11.4. The van der Waals surface area contributed by atoms with Crippen LogP contribution in [-0.4, -0.2) is 26.0 Å². The van der Waals surface area contributed by atoms with E-state index < -0.39 is 0 Å². The highest BCUT2D eigenvalue weighted by Gasteiger charge is 2.13. The number of amides is 1. The number of hydrogen-bond acceptors (Lipinski definition) is 2. The zero-order valence-electron chi connectivity index (χ0n) is 11.0. The first kappa shape index (κ1) is 16.7. The normalized spacial score (nSPS) is 15.6. The highest BCUT2D eigenvalue weighted by Crippen LogP contribution is 2.28. The molecule has 1 aliphatic carbocycles. The molecule has 1 aliphatic rings. The van der Waals surface area contributed by atoms with E-state index in [2.05, 4.69) is 10.6 Å². The molecule has 0 aromatic carbocycles. The van der Waals surface area contributed by atoms with Crippen LogP contribution in [0.15, 0.2) is 0 Å². The van der Waals surface area contributed by atoms with Gasteiger partial charge in [-0.2, -0.15) is 0 Å². The van der Waals surface area contributed by atoms with Crippen LogP contribution in [0.2, 0.25) is 0 Å². The second kappa shape index (κ2) is 10.8. The molecule has 0 aromatic rings. The third kappa shape index (κ3) is 8.44. The van der Waals surface area contributed by atoms with Gasteiger partial charge in [0, 0.05) is 13.0 Å². The molecule has 0 heterocycles. The van der Waals surface area contributed by atoms with E-state index in [9.17, 15) is 4.79 Å². The summed E-state index contributed by atoms with van der Waals surface area (Å²) in [6.45, 7) is 1.80. The fourth-order valence-electron chi connectivity index (χ4n) is 2.43. The molecule has 0 aliphatic heterocycles. The summed E-state index contributed by atoms with van der Waals surface area (Å²) in [5, 5.41) is 6.05. The number of nitrogens with one attached hydrogen (secondary N) is 2. The van der Waals surface area contributed by atoms with E-state index in [4.69, 9.17) is 0 Å². The van der Waals surface area contributed by atoms with Crippen molar-refractivity contribution in [3.05, 3.63) is 0 Å². The molecule has 17 heavy (non-hydrogen) atoms. The minimum Gasteiger partial charge on any atom is -0.356 e. The van der Waals surface area contributed by atoms with Crippen LogP contribution in [0.3, 0.4) is 0 Å². The minimum absolute atomic E-state index is 0. The summed E-state index contributed by atoms with van der Waals surface area (Å²) in [5.41, 5.74) is 0. The van der Waals surface area contributed by atoms with E-state index in [0.717, 1.165) is 31.8 Å². The van der Waals surface area contributed by atoms with Gasteiger partial charge in [0.2, 0.25) is 5.91 Å². The van der Waals surface area contributed by atoms with Gasteiger partial charge in [0.15, 0.2) is 0 Å². The van der Waals surface area contributed by atoms with Gasteiger partial charge in [0.05, 0.1) is 0 Å². The summed E-state index contributed by atoms with van der Waals surface area (Å²) in [5.74, 6) is 1.16. The number of carbonyl (C=O) groups is 1. The predicted molar refractivity (Wildman–Crippen MR) is 74.6 cm³/mol. The molecule has 3 nitrogen and oxygen atoms in total. The van der Waals surface area contributed by atoms with Crippen molar-refractivity contribution < 1.29 is 4.79 Å². The Morgan fingerprint density at radius 3 is 2.53 bits per heavy atom. The van der Waals surface area contributed by atoms with Crippen molar-refractivity contribution in [3.63, 3.8) is 0 Å². The lowest BCUT2D eigenvalue weighted by molar-refractivity contribution is -0.121. The van der Waals surface area contributed by atoms with Gasteiger partial charge >= 0.3 is 0 Å². The summed E-state index contributed by atoms with van der Waals surface area (Å²) < 4.78 is 0. The molecule has 1 fully saturated rings. The molecular formula is C13H27ClN2O. The van der Waals surface area contributed by atoms with Gasteiger partial charge in [0.25, 0.3) is 0 Å². The van der Waals surface area contributed by atoms with Gasteiger partial charge in [-0.25, -0.2) is 0 Å². The molecule has 0 atom stereocenters. The van der Waals surface area contributed by atoms with Gasteiger partial charge in [-0.05, 0) is 38.8 Å². The molecule has 1 saturated carbocycles. The topological polar surface area (TPSA) is 41.1 Å². The van der Waals surface area contributed by atoms with E-state index >= 15 is 0 Å². The third-order valence-corrected chi connectivity index (χ3v) is 3.42. The maximum atomic E-state index is 11.4. The van der Waals surface area contributed by atoms with E-state index in [1.165, 1.54) is 32.1 Å². The zero-order chi connectivity index (χ0) is 11.6. The molecule has 2 N–H and O–H groups in total. The van der Waals surface area contributed by atoms with Crippen LogP contribution in [-0.2, 0) is 4.79 Å². The highest BCUT2D eigenvalue weighted by atomic mass is 35.5. The van der Waals surface area contributed by atoms with Crippen LogP contribution in [0, 0.1) is 5.92 Å². The first-order valence-corrected chi connectivity index (χ1v) is 6.74. The largest absolute Gasteiger partial charge is 0.356 e. The smallest absolute Gasteiger partial charge is 0.220 e. The molecule has 0 spiro atoms. The van der Waals surface area contributed by atoms with Crippen LogP contribution in [0.1, 0.15) is 51.4 Å². The van der Waals surface area contributed by atoms with Crippen molar-refractivity contribution in [2.75, 3.05) is 20.1 Å². The molecular weight excluding hydrogens is 236 g/mol. The van der Waals surface area contributed by atoms with E-state index in [0.29, 0.717) is 6.42 Å². The quantitative estimate of drug-likeness (QED) is 0.660. The molecule has 1 amide bonds. The average Bonchev–Trinajstić information content (AvgIpc) is 2.78. The van der Waals surface area contributed by atoms with Crippen LogP contribution in [0.25, 0.3) is 0 Å². The Morgan fingerprint density at radius 2 is 1.88 bits per heavy atom. The zero-order valence-corrected chi connectivity index (χ0v) is 11.8. The molecule has 0 bridgehead atoms. The molecule has 0 radical (unpaired) electrons. The monoisotopic (exact) mass is 262 g/mol. The molecule has 1 rings (SSSR count). The Morgan fingerprint density at radius 1 is 1.18 bits per heavy atom. The Labute approximate surface area is 112 Å². The van der Waals surface area contributed by atoms with Gasteiger partial charge in [-0.15, -0.1) is 12.4 Å². The van der Waals surface area contributed by atoms with Crippen LogP contribution in [0.4, 0.5) is 0 Å². The van der Waals surface area contributed by atoms with Crippen molar-refractivity contribution in [2.24, 2.45) is 5.92 Å². The number of hydrogen-bond donors (Lipinski definition) is 2. The molecule has 0 saturated heterocycles. The lowest BCUT2D eigenvalue weighted by Gasteiger charge is -2.09. The first-order chi connectivity index (χ1) is 7.83. The summed E-state index contributed by atoms with van der Waals surface area (Å²) in [6, 6.07) is 0. The molecule has 4 heteroatoms. The predicted octanol–water partition coefficient (Wildman–Crippen LogP) is 2.49. The summed E-state index contributed by atoms with van der Waals surface area (Å²) in [7, 11) is 1.92. The summed E-state index contributed by atoms with van der Waals surface area (Å²) in [6.07, 6.45) is 9.71. The standard InChI is InChI=1S/C13H26N2O.ClH/c1-14-10-5-9-13(16)15-11-4-8-12-6-2-3-7-12;/h12,14H,2-11H2,1H3,(H,15,16);1H. The fourth-order valence-corrected chi connectivity index (χ4v) is 2.43. The molecule has 102 valence electrons. The Kier molecular flexibility index (Phi) is 10.7. The van der Waals surface area contributed by atoms with Gasteiger partial charge in [-0.3, -0.25) is 4.79 Å². The summed E-state index contributed by atoms with van der Waals surface area (Å²) >= 11 is 0. The fraction of sp³-hybridized carbons (Fsp3) is 0.923. The second-order valence-corrected chi connectivity index (χ2v) is 4.85. The van der Waals surface area contributed by atoms with Crippen molar-refractivity contribution in [1.82, 2.24) is 10.6 Å². The maximum Gasteiger partial charge on any atom is 0.220 e. The number of rotatable bonds is 8.